The molecule has 202 valence electrons. The van der Waals surface area contributed by atoms with E-state index >= 15 is 0 Å². The Morgan fingerprint density at radius 3 is 2.37 bits per heavy atom. The van der Waals surface area contributed by atoms with Crippen molar-refractivity contribution in [2.24, 2.45) is 0 Å². The molecule has 3 aromatic carbocycles. The Balaban J connectivity index is 0.00000144. The van der Waals surface area contributed by atoms with Crippen molar-refractivity contribution in [3.8, 4) is 39.9 Å². The van der Waals surface area contributed by atoms with Gasteiger partial charge in [0.15, 0.2) is 23.0 Å². The lowest BCUT2D eigenvalue weighted by Crippen LogP contribution is -2.34. The maximum absolute atomic E-state index is 13.1. The topological polar surface area (TPSA) is 111 Å². The number of carbonyl (C=O) groups excluding carboxylic acids is 1. The second-order valence-electron chi connectivity index (χ2n) is 8.75. The van der Waals surface area contributed by atoms with Crippen molar-refractivity contribution >= 4 is 16.7 Å². The van der Waals surface area contributed by atoms with Gasteiger partial charge in [-0.2, -0.15) is 0 Å². The molecule has 0 aliphatic carbocycles. The number of hydrogen-bond donors (Lipinski definition) is 1. The maximum Gasteiger partial charge on any atom is 0.339 e. The molecule has 3 aliphatic heterocycles. The standard InChI is InChI=1S/C27H26O9.CH4O/c1-29-15-6-7-32-23(9-15)36-26-17-11-21(31-3)20(30-2)10-16(17)24(25-18(26)12-33-27(25)28)14-4-5-19-22(8-14)35-13-34-19;1-2/h4-5,8,10-11,15,23H,6-7,9,12-13H2,1-3H3;2H,1H3. The highest BCUT2D eigenvalue weighted by molar-refractivity contribution is 6.14. The summed E-state index contributed by atoms with van der Waals surface area (Å²) in [5.74, 6) is 2.44. The zero-order chi connectivity index (χ0) is 26.8. The summed E-state index contributed by atoms with van der Waals surface area (Å²) in [7, 11) is 5.84. The average Bonchev–Trinajstić information content (AvgIpc) is 3.59. The molecule has 6 rings (SSSR count). The molecule has 0 bridgehead atoms. The Kier molecular flexibility index (Phi) is 7.46. The first-order chi connectivity index (χ1) is 18.6. The van der Waals surface area contributed by atoms with E-state index in [1.54, 1.807) is 21.3 Å². The van der Waals surface area contributed by atoms with Crippen molar-refractivity contribution in [2.45, 2.75) is 31.8 Å². The van der Waals surface area contributed by atoms with Crippen molar-refractivity contribution in [3.05, 3.63) is 41.5 Å². The van der Waals surface area contributed by atoms with Crippen molar-refractivity contribution in [2.75, 3.05) is 41.8 Å². The van der Waals surface area contributed by atoms with Crippen LogP contribution < -0.4 is 23.7 Å². The monoisotopic (exact) mass is 526 g/mol. The number of rotatable bonds is 6. The predicted molar refractivity (Wildman–Crippen MR) is 136 cm³/mol. The largest absolute Gasteiger partial charge is 0.493 e. The number of carbonyl (C=O) groups is 1. The summed E-state index contributed by atoms with van der Waals surface area (Å²) in [5.41, 5.74) is 2.60. The van der Waals surface area contributed by atoms with Gasteiger partial charge >= 0.3 is 5.97 Å². The molecule has 0 saturated carbocycles. The van der Waals surface area contributed by atoms with Crippen molar-refractivity contribution in [1.29, 1.82) is 0 Å². The quantitative estimate of drug-likeness (QED) is 0.472. The highest BCUT2D eigenvalue weighted by Crippen LogP contribution is 2.49. The number of hydrogen-bond acceptors (Lipinski definition) is 10. The van der Waals surface area contributed by atoms with E-state index in [1.807, 2.05) is 30.3 Å². The maximum atomic E-state index is 13.1. The third kappa shape index (κ3) is 4.44. The van der Waals surface area contributed by atoms with Gasteiger partial charge < -0.3 is 43.0 Å². The highest BCUT2D eigenvalue weighted by atomic mass is 16.7. The van der Waals surface area contributed by atoms with Gasteiger partial charge in [-0.1, -0.05) is 6.07 Å². The summed E-state index contributed by atoms with van der Waals surface area (Å²) in [6.07, 6.45) is 0.864. The lowest BCUT2D eigenvalue weighted by Gasteiger charge is -2.30. The lowest BCUT2D eigenvalue weighted by atomic mass is 9.89. The van der Waals surface area contributed by atoms with E-state index in [4.69, 9.17) is 43.0 Å². The fourth-order valence-corrected chi connectivity index (χ4v) is 5.05. The second-order valence-corrected chi connectivity index (χ2v) is 8.75. The minimum Gasteiger partial charge on any atom is -0.493 e. The third-order valence-corrected chi connectivity index (χ3v) is 6.86. The van der Waals surface area contributed by atoms with Crippen LogP contribution in [0.5, 0.6) is 28.7 Å². The molecule has 3 aromatic rings. The van der Waals surface area contributed by atoms with Gasteiger partial charge in [0.05, 0.1) is 32.5 Å². The van der Waals surface area contributed by atoms with Crippen LogP contribution in [0.4, 0.5) is 0 Å². The van der Waals surface area contributed by atoms with E-state index in [9.17, 15) is 4.79 Å². The summed E-state index contributed by atoms with van der Waals surface area (Å²) < 4.78 is 45.7. The number of methoxy groups -OCH3 is 3. The zero-order valence-electron chi connectivity index (χ0n) is 21.7. The van der Waals surface area contributed by atoms with Crippen LogP contribution in [0.3, 0.4) is 0 Å². The fraction of sp³-hybridized carbons (Fsp3) is 0.393. The number of cyclic esters (lactones) is 1. The first-order valence-electron chi connectivity index (χ1n) is 12.2. The summed E-state index contributed by atoms with van der Waals surface area (Å²) in [4.78, 5) is 13.1. The van der Waals surface area contributed by atoms with Crippen LogP contribution in [-0.2, 0) is 20.8 Å². The summed E-state index contributed by atoms with van der Waals surface area (Å²) in [6, 6.07) is 9.32. The molecule has 10 heteroatoms. The van der Waals surface area contributed by atoms with Crippen molar-refractivity contribution in [1.82, 2.24) is 0 Å². The number of fused-ring (bicyclic) bond motifs is 3. The Labute approximate surface area is 219 Å². The molecule has 0 radical (unpaired) electrons. The highest BCUT2D eigenvalue weighted by Gasteiger charge is 2.35. The molecule has 0 aromatic heterocycles. The van der Waals surface area contributed by atoms with E-state index in [2.05, 4.69) is 0 Å². The van der Waals surface area contributed by atoms with Gasteiger partial charge in [0.2, 0.25) is 13.1 Å². The lowest BCUT2D eigenvalue weighted by molar-refractivity contribution is -0.143. The Bertz CT molecular complexity index is 1350. The second kappa shape index (κ2) is 10.9. The van der Waals surface area contributed by atoms with Crippen LogP contribution in [-0.4, -0.2) is 65.3 Å². The van der Waals surface area contributed by atoms with Gasteiger partial charge in [0.25, 0.3) is 0 Å². The van der Waals surface area contributed by atoms with Crippen LogP contribution in [0, 0.1) is 0 Å². The molecule has 10 nitrogen and oxygen atoms in total. The van der Waals surface area contributed by atoms with E-state index < -0.39 is 12.3 Å². The van der Waals surface area contributed by atoms with Crippen LogP contribution in [0.1, 0.15) is 28.8 Å². The Morgan fingerprint density at radius 2 is 1.63 bits per heavy atom. The van der Waals surface area contributed by atoms with Gasteiger partial charge in [-0.25, -0.2) is 4.79 Å². The predicted octanol–water partition coefficient (Wildman–Crippen LogP) is 4.06. The smallest absolute Gasteiger partial charge is 0.339 e. The number of ether oxygens (including phenoxy) is 8. The third-order valence-electron chi connectivity index (χ3n) is 6.86. The molecule has 3 heterocycles. The number of esters is 1. The van der Waals surface area contributed by atoms with Crippen LogP contribution in [0.2, 0.25) is 0 Å². The minimum absolute atomic E-state index is 0.0310. The molecular weight excluding hydrogens is 496 g/mol. The van der Waals surface area contributed by atoms with Gasteiger partial charge in [-0.3, -0.25) is 0 Å². The molecule has 0 amide bonds. The SMILES string of the molecule is CO.COc1cc2c(OC3CC(OC)CCO3)c3c(c(-c4ccc5c(c4)OCO5)c2cc1OC)C(=O)OC3. The molecular formula is C28H30O10. The van der Waals surface area contributed by atoms with Gasteiger partial charge in [-0.15, -0.1) is 0 Å². The average molecular weight is 527 g/mol. The molecule has 1 N–H and O–H groups in total. The first kappa shape index (κ1) is 25.9. The molecule has 3 aliphatic rings. The summed E-state index contributed by atoms with van der Waals surface area (Å²) in [6.45, 7) is 0.762. The number of aliphatic hydroxyl groups excluding tert-OH is 1. The Morgan fingerprint density at radius 1 is 0.895 bits per heavy atom. The molecule has 2 atom stereocenters. The first-order valence-corrected chi connectivity index (χ1v) is 12.2. The summed E-state index contributed by atoms with van der Waals surface area (Å²) >= 11 is 0. The van der Waals surface area contributed by atoms with E-state index in [1.165, 1.54) is 0 Å². The molecule has 0 spiro atoms. The number of aliphatic hydroxyl groups is 1. The van der Waals surface area contributed by atoms with E-state index in [0.717, 1.165) is 29.9 Å². The van der Waals surface area contributed by atoms with Crippen molar-refractivity contribution < 1.29 is 47.8 Å². The normalized spacial score (nSPS) is 19.3. The number of benzene rings is 3. The van der Waals surface area contributed by atoms with Crippen LogP contribution >= 0.6 is 0 Å². The van der Waals surface area contributed by atoms with Gasteiger partial charge in [0.1, 0.15) is 12.4 Å². The van der Waals surface area contributed by atoms with Crippen LogP contribution in [0.25, 0.3) is 21.9 Å². The van der Waals surface area contributed by atoms with Gasteiger partial charge in [0, 0.05) is 37.2 Å². The van der Waals surface area contributed by atoms with Crippen molar-refractivity contribution in [3.63, 3.8) is 0 Å². The summed E-state index contributed by atoms with van der Waals surface area (Å²) in [5, 5.41) is 8.50. The molecule has 1 saturated heterocycles. The van der Waals surface area contributed by atoms with Gasteiger partial charge in [-0.05, 0) is 41.6 Å². The zero-order valence-corrected chi connectivity index (χ0v) is 21.7. The van der Waals surface area contributed by atoms with E-state index in [0.29, 0.717) is 58.5 Å². The minimum atomic E-state index is -0.531. The van der Waals surface area contributed by atoms with E-state index in [-0.39, 0.29) is 19.5 Å². The fourth-order valence-electron chi connectivity index (χ4n) is 5.05. The molecule has 38 heavy (non-hydrogen) atoms. The molecule has 2 unspecified atom stereocenters. The Hall–Kier alpha value is -3.73. The molecule has 1 fully saturated rings. The van der Waals surface area contributed by atoms with Crippen LogP contribution in [0.15, 0.2) is 30.3 Å².